The summed E-state index contributed by atoms with van der Waals surface area (Å²) in [6.07, 6.45) is 7.84. The summed E-state index contributed by atoms with van der Waals surface area (Å²) in [5.41, 5.74) is 0.447. The number of halogens is 1. The van der Waals surface area contributed by atoms with Gasteiger partial charge in [-0.15, -0.1) is 0 Å². The molecule has 1 aromatic rings. The summed E-state index contributed by atoms with van der Waals surface area (Å²) >= 11 is 5.00. The lowest BCUT2D eigenvalue weighted by Gasteiger charge is -2.25. The van der Waals surface area contributed by atoms with Crippen molar-refractivity contribution in [2.45, 2.75) is 46.6 Å². The largest absolute Gasteiger partial charge is 0.443 e. The molecule has 1 amide bonds. The third kappa shape index (κ3) is 5.91. The van der Waals surface area contributed by atoms with Crippen molar-refractivity contribution in [3.8, 4) is 0 Å². The number of carbonyl (C=O) groups excluding carboxylic acids is 1. The standard InChI is InChI=1S/C18H25BrN2O2S/c1-7-10-13(14(19)9-3)15-12-20-16(24-15)21(11-8-2)17(22)23-18(4,5)6/h7,9-10,12H,1,8,11H2,2-6H3/b13-10+,14-9+. The fourth-order valence-corrected chi connectivity index (χ4v) is 3.32. The number of amides is 1. The summed E-state index contributed by atoms with van der Waals surface area (Å²) in [7, 11) is 0. The van der Waals surface area contributed by atoms with Crippen molar-refractivity contribution in [2.24, 2.45) is 0 Å². The molecule has 0 aliphatic heterocycles. The third-order valence-electron chi connectivity index (χ3n) is 2.85. The number of hydrogen-bond donors (Lipinski definition) is 0. The molecule has 0 atom stereocenters. The fraction of sp³-hybridized carbons (Fsp3) is 0.444. The van der Waals surface area contributed by atoms with Crippen molar-refractivity contribution in [1.29, 1.82) is 0 Å². The number of rotatable bonds is 6. The molecule has 4 nitrogen and oxygen atoms in total. The van der Waals surface area contributed by atoms with E-state index < -0.39 is 5.60 Å². The maximum atomic E-state index is 12.5. The molecule has 0 spiro atoms. The van der Waals surface area contributed by atoms with E-state index in [1.165, 1.54) is 11.3 Å². The highest BCUT2D eigenvalue weighted by molar-refractivity contribution is 9.12. The molecule has 132 valence electrons. The van der Waals surface area contributed by atoms with Gasteiger partial charge in [0.05, 0.1) is 4.88 Å². The smallest absolute Gasteiger partial charge is 0.416 e. The second-order valence-electron chi connectivity index (χ2n) is 6.09. The van der Waals surface area contributed by atoms with Gasteiger partial charge >= 0.3 is 6.09 Å². The van der Waals surface area contributed by atoms with Gasteiger partial charge in [-0.05, 0) is 34.1 Å². The van der Waals surface area contributed by atoms with Crippen LogP contribution in [0, 0.1) is 0 Å². The van der Waals surface area contributed by atoms with E-state index in [2.05, 4.69) is 27.5 Å². The first-order valence-corrected chi connectivity index (χ1v) is 9.46. The molecule has 0 unspecified atom stereocenters. The Morgan fingerprint density at radius 1 is 1.50 bits per heavy atom. The molecule has 1 aromatic heterocycles. The van der Waals surface area contributed by atoms with Gasteiger partial charge in [-0.25, -0.2) is 9.78 Å². The Bertz CT molecular complexity index is 642. The van der Waals surface area contributed by atoms with E-state index in [9.17, 15) is 4.79 Å². The van der Waals surface area contributed by atoms with Crippen LogP contribution in [0.25, 0.3) is 5.57 Å². The van der Waals surface area contributed by atoms with Gasteiger partial charge in [0.15, 0.2) is 5.13 Å². The molecule has 6 heteroatoms. The zero-order chi connectivity index (χ0) is 18.3. The normalized spacial score (nSPS) is 12.9. The van der Waals surface area contributed by atoms with Crippen molar-refractivity contribution in [1.82, 2.24) is 4.98 Å². The molecule has 0 bridgehead atoms. The molecular formula is C18H25BrN2O2S. The molecule has 0 radical (unpaired) electrons. The minimum absolute atomic E-state index is 0.371. The van der Waals surface area contributed by atoms with Gasteiger partial charge in [0.25, 0.3) is 0 Å². The van der Waals surface area contributed by atoms with Crippen LogP contribution in [0.4, 0.5) is 9.93 Å². The number of anilines is 1. The van der Waals surface area contributed by atoms with Crippen LogP contribution in [0.3, 0.4) is 0 Å². The lowest BCUT2D eigenvalue weighted by atomic mass is 10.2. The first-order valence-electron chi connectivity index (χ1n) is 7.85. The maximum Gasteiger partial charge on any atom is 0.416 e. The highest BCUT2D eigenvalue weighted by Crippen LogP contribution is 2.35. The lowest BCUT2D eigenvalue weighted by molar-refractivity contribution is 0.0580. The van der Waals surface area contributed by atoms with Gasteiger partial charge in [-0.2, -0.15) is 0 Å². The molecule has 0 fully saturated rings. The van der Waals surface area contributed by atoms with Gasteiger partial charge in [0.1, 0.15) is 5.60 Å². The average Bonchev–Trinajstić information content (AvgIpc) is 2.96. The van der Waals surface area contributed by atoms with Crippen LogP contribution in [-0.4, -0.2) is 23.2 Å². The molecular weight excluding hydrogens is 388 g/mol. The number of thiazole rings is 1. The summed E-state index contributed by atoms with van der Waals surface area (Å²) in [5, 5.41) is 0.632. The van der Waals surface area contributed by atoms with E-state index in [0.29, 0.717) is 11.7 Å². The minimum Gasteiger partial charge on any atom is -0.443 e. The van der Waals surface area contributed by atoms with Crippen LogP contribution in [0.5, 0.6) is 0 Å². The zero-order valence-corrected chi connectivity index (χ0v) is 17.3. The number of allylic oxidation sites excluding steroid dienone is 5. The lowest BCUT2D eigenvalue weighted by Crippen LogP contribution is -2.37. The van der Waals surface area contributed by atoms with Gasteiger partial charge in [0, 0.05) is 22.8 Å². The molecule has 24 heavy (non-hydrogen) atoms. The Hall–Kier alpha value is -1.40. The first-order chi connectivity index (χ1) is 11.2. The van der Waals surface area contributed by atoms with E-state index in [4.69, 9.17) is 4.74 Å². The second-order valence-corrected chi connectivity index (χ2v) is 7.96. The highest BCUT2D eigenvalue weighted by atomic mass is 79.9. The molecule has 0 saturated heterocycles. The van der Waals surface area contributed by atoms with Crippen molar-refractivity contribution in [3.05, 3.63) is 40.4 Å². The number of ether oxygens (including phenoxy) is 1. The first kappa shape index (κ1) is 20.6. The molecule has 1 rings (SSSR count). The van der Waals surface area contributed by atoms with Gasteiger partial charge in [-0.1, -0.05) is 59.0 Å². The summed E-state index contributed by atoms with van der Waals surface area (Å²) in [4.78, 5) is 19.4. The van der Waals surface area contributed by atoms with E-state index in [1.807, 2.05) is 46.8 Å². The molecule has 1 heterocycles. The topological polar surface area (TPSA) is 42.4 Å². The van der Waals surface area contributed by atoms with Crippen molar-refractivity contribution in [3.63, 3.8) is 0 Å². The molecule has 0 N–H and O–H groups in total. The number of nitrogens with zero attached hydrogens (tertiary/aromatic N) is 2. The van der Waals surface area contributed by atoms with Gasteiger partial charge in [-0.3, -0.25) is 4.90 Å². The second kappa shape index (κ2) is 9.18. The summed E-state index contributed by atoms with van der Waals surface area (Å²) in [5.74, 6) is 0. The predicted molar refractivity (Wildman–Crippen MR) is 107 cm³/mol. The van der Waals surface area contributed by atoms with Crippen LogP contribution >= 0.6 is 27.3 Å². The van der Waals surface area contributed by atoms with Crippen molar-refractivity contribution in [2.75, 3.05) is 11.4 Å². The molecule has 0 aliphatic carbocycles. The van der Waals surface area contributed by atoms with Crippen LogP contribution < -0.4 is 4.90 Å². The Kier molecular flexibility index (Phi) is 7.90. The quantitative estimate of drug-likeness (QED) is 0.525. The van der Waals surface area contributed by atoms with Crippen LogP contribution in [-0.2, 0) is 4.74 Å². The van der Waals surface area contributed by atoms with E-state index in [1.54, 1.807) is 17.2 Å². The van der Waals surface area contributed by atoms with Crippen LogP contribution in [0.2, 0.25) is 0 Å². The number of hydrogen-bond acceptors (Lipinski definition) is 4. The zero-order valence-electron chi connectivity index (χ0n) is 14.9. The van der Waals surface area contributed by atoms with Gasteiger partial charge in [0.2, 0.25) is 0 Å². The minimum atomic E-state index is -0.537. The maximum absolute atomic E-state index is 12.5. The van der Waals surface area contributed by atoms with E-state index in [-0.39, 0.29) is 6.09 Å². The third-order valence-corrected chi connectivity index (χ3v) is 4.78. The molecule has 0 aromatic carbocycles. The van der Waals surface area contributed by atoms with Crippen molar-refractivity contribution >= 4 is 44.1 Å². The van der Waals surface area contributed by atoms with Gasteiger partial charge < -0.3 is 4.74 Å². The number of carbonyl (C=O) groups is 1. The van der Waals surface area contributed by atoms with Crippen molar-refractivity contribution < 1.29 is 9.53 Å². The monoisotopic (exact) mass is 412 g/mol. The SMILES string of the molecule is C=C/C=C(\C(Br)=C/C)c1cnc(N(CCC)C(=O)OC(C)(C)C)s1. The Morgan fingerprint density at radius 3 is 2.67 bits per heavy atom. The fourth-order valence-electron chi connectivity index (χ4n) is 1.87. The van der Waals surface area contributed by atoms with E-state index >= 15 is 0 Å². The van der Waals surface area contributed by atoms with E-state index in [0.717, 1.165) is 21.4 Å². The van der Waals surface area contributed by atoms with Crippen LogP contribution in [0.15, 0.2) is 35.5 Å². The Labute approximate surface area is 157 Å². The molecule has 0 aliphatic rings. The Balaban J connectivity index is 3.15. The highest BCUT2D eigenvalue weighted by Gasteiger charge is 2.25. The van der Waals surface area contributed by atoms with Crippen LogP contribution in [0.1, 0.15) is 45.9 Å². The summed E-state index contributed by atoms with van der Waals surface area (Å²) in [6.45, 7) is 13.9. The average molecular weight is 413 g/mol. The Morgan fingerprint density at radius 2 is 2.17 bits per heavy atom. The molecule has 0 saturated carbocycles. The summed E-state index contributed by atoms with van der Waals surface area (Å²) in [6, 6.07) is 0. The summed E-state index contributed by atoms with van der Waals surface area (Å²) < 4.78 is 6.45. The predicted octanol–water partition coefficient (Wildman–Crippen LogP) is 6.16. The number of aromatic nitrogens is 1.